The van der Waals surface area contributed by atoms with Crippen molar-refractivity contribution in [3.8, 4) is 6.07 Å². The molecule has 0 N–H and O–H groups in total. The van der Waals surface area contributed by atoms with Gasteiger partial charge in [-0.05, 0) is 50.9 Å². The molecule has 0 spiro atoms. The van der Waals surface area contributed by atoms with Crippen molar-refractivity contribution in [3.63, 3.8) is 0 Å². The molecule has 7 nitrogen and oxygen atoms in total. The van der Waals surface area contributed by atoms with E-state index in [2.05, 4.69) is 42.7 Å². The van der Waals surface area contributed by atoms with Gasteiger partial charge in [-0.2, -0.15) is 5.26 Å². The topological polar surface area (TPSA) is 73.9 Å². The Balaban J connectivity index is 1.47. The number of rotatable bonds is 4. The maximum atomic E-state index is 9.14. The van der Waals surface area contributed by atoms with Crippen molar-refractivity contribution >= 4 is 5.82 Å². The summed E-state index contributed by atoms with van der Waals surface area (Å²) in [6.07, 6.45) is 7.85. The Morgan fingerprint density at radius 1 is 1.15 bits per heavy atom. The van der Waals surface area contributed by atoms with E-state index in [9.17, 15) is 0 Å². The minimum atomic E-state index is 0.346. The van der Waals surface area contributed by atoms with E-state index < -0.39 is 0 Å². The highest BCUT2D eigenvalue weighted by atomic mass is 15.3. The van der Waals surface area contributed by atoms with Crippen LogP contribution in [0.1, 0.15) is 55.2 Å². The van der Waals surface area contributed by atoms with Crippen LogP contribution in [0.2, 0.25) is 0 Å². The van der Waals surface area contributed by atoms with E-state index in [1.165, 1.54) is 32.4 Å². The normalized spacial score (nSPS) is 21.2. The van der Waals surface area contributed by atoms with Gasteiger partial charge in [0, 0.05) is 32.3 Å². The summed E-state index contributed by atoms with van der Waals surface area (Å²) >= 11 is 0. The minimum Gasteiger partial charge on any atom is -0.356 e. The van der Waals surface area contributed by atoms with Gasteiger partial charge in [0.2, 0.25) is 0 Å². The van der Waals surface area contributed by atoms with E-state index in [1.54, 1.807) is 12.3 Å². The lowest BCUT2D eigenvalue weighted by Crippen LogP contribution is -2.36. The molecule has 27 heavy (non-hydrogen) atoms. The Morgan fingerprint density at radius 3 is 2.81 bits per heavy atom. The Morgan fingerprint density at radius 2 is 2.00 bits per heavy atom. The number of anilines is 1. The average Bonchev–Trinajstić information content (AvgIpc) is 3.09. The second-order valence-corrected chi connectivity index (χ2v) is 7.67. The van der Waals surface area contributed by atoms with Crippen LogP contribution in [0.3, 0.4) is 0 Å². The van der Waals surface area contributed by atoms with Gasteiger partial charge >= 0.3 is 0 Å². The van der Waals surface area contributed by atoms with Gasteiger partial charge < -0.3 is 9.47 Å². The molecule has 2 saturated heterocycles. The molecule has 2 aliphatic heterocycles. The first kappa shape index (κ1) is 17.9. The first-order valence-electron chi connectivity index (χ1n) is 9.96. The highest BCUT2D eigenvalue weighted by molar-refractivity contribution is 5.45. The summed E-state index contributed by atoms with van der Waals surface area (Å²) in [6.45, 7) is 5.07. The standard InChI is InChI=1S/C20H27N7/c1-25-19(15-26-9-3-2-4-10-26)23-24-20(25)17-6-5-11-27(14-17)18-12-16(13-21)7-8-22-18/h7-8,12,17H,2-6,9-11,14-15H2,1H3. The van der Waals surface area contributed by atoms with Gasteiger partial charge in [-0.1, -0.05) is 6.42 Å². The number of piperidine rings is 2. The summed E-state index contributed by atoms with van der Waals surface area (Å²) in [4.78, 5) is 9.23. The lowest BCUT2D eigenvalue weighted by Gasteiger charge is -2.33. The first-order valence-corrected chi connectivity index (χ1v) is 9.96. The minimum absolute atomic E-state index is 0.346. The Kier molecular flexibility index (Phi) is 5.35. The van der Waals surface area contributed by atoms with Crippen LogP contribution in [0.25, 0.3) is 0 Å². The molecule has 7 heteroatoms. The Labute approximate surface area is 160 Å². The molecule has 0 radical (unpaired) electrons. The van der Waals surface area contributed by atoms with Crippen LogP contribution in [0, 0.1) is 11.3 Å². The molecule has 142 valence electrons. The van der Waals surface area contributed by atoms with E-state index in [-0.39, 0.29) is 0 Å². The third kappa shape index (κ3) is 3.96. The fourth-order valence-corrected chi connectivity index (χ4v) is 4.24. The zero-order valence-corrected chi connectivity index (χ0v) is 16.0. The van der Waals surface area contributed by atoms with Crippen LogP contribution >= 0.6 is 0 Å². The van der Waals surface area contributed by atoms with E-state index in [1.807, 2.05) is 6.07 Å². The van der Waals surface area contributed by atoms with Crippen molar-refractivity contribution in [1.82, 2.24) is 24.6 Å². The quantitative estimate of drug-likeness (QED) is 0.829. The van der Waals surface area contributed by atoms with E-state index in [4.69, 9.17) is 5.26 Å². The van der Waals surface area contributed by atoms with Crippen LogP contribution in [0.15, 0.2) is 18.3 Å². The molecule has 0 saturated carbocycles. The number of likely N-dealkylation sites (tertiary alicyclic amines) is 1. The number of nitriles is 1. The molecule has 0 aliphatic carbocycles. The molecule has 4 heterocycles. The molecule has 2 fully saturated rings. The summed E-state index contributed by atoms with van der Waals surface area (Å²) in [7, 11) is 2.10. The molecule has 0 amide bonds. The van der Waals surface area contributed by atoms with Crippen LogP contribution in [-0.2, 0) is 13.6 Å². The van der Waals surface area contributed by atoms with Crippen LogP contribution in [0.4, 0.5) is 5.82 Å². The molecule has 2 aliphatic rings. The zero-order chi connectivity index (χ0) is 18.6. The third-order valence-electron chi connectivity index (χ3n) is 5.80. The highest BCUT2D eigenvalue weighted by Gasteiger charge is 2.27. The Hall–Kier alpha value is -2.46. The fourth-order valence-electron chi connectivity index (χ4n) is 4.24. The SMILES string of the molecule is Cn1c(CN2CCCCC2)nnc1C1CCCN(c2cc(C#N)ccn2)C1. The molecule has 0 bridgehead atoms. The Bertz CT molecular complexity index is 816. The van der Waals surface area contributed by atoms with Crippen molar-refractivity contribution < 1.29 is 0 Å². The van der Waals surface area contributed by atoms with Crippen molar-refractivity contribution in [2.24, 2.45) is 7.05 Å². The zero-order valence-electron chi connectivity index (χ0n) is 16.0. The van der Waals surface area contributed by atoms with Crippen molar-refractivity contribution in [2.75, 3.05) is 31.1 Å². The lowest BCUT2D eigenvalue weighted by atomic mass is 9.97. The molecule has 2 aromatic heterocycles. The second-order valence-electron chi connectivity index (χ2n) is 7.67. The molecule has 1 atom stereocenters. The molecular formula is C20H27N7. The monoisotopic (exact) mass is 365 g/mol. The molecular weight excluding hydrogens is 338 g/mol. The maximum absolute atomic E-state index is 9.14. The van der Waals surface area contributed by atoms with Gasteiger partial charge in [-0.25, -0.2) is 4.98 Å². The predicted molar refractivity (Wildman–Crippen MR) is 103 cm³/mol. The largest absolute Gasteiger partial charge is 0.356 e. The number of nitrogens with zero attached hydrogens (tertiary/aromatic N) is 7. The van der Waals surface area contributed by atoms with Gasteiger partial charge in [-0.3, -0.25) is 4.90 Å². The van der Waals surface area contributed by atoms with Crippen molar-refractivity contribution in [1.29, 1.82) is 5.26 Å². The predicted octanol–water partition coefficient (Wildman–Crippen LogP) is 2.45. The molecule has 2 aromatic rings. The second kappa shape index (κ2) is 8.05. The van der Waals surface area contributed by atoms with Crippen LogP contribution < -0.4 is 4.90 Å². The van der Waals surface area contributed by atoms with E-state index in [0.717, 1.165) is 49.9 Å². The highest BCUT2D eigenvalue weighted by Crippen LogP contribution is 2.28. The smallest absolute Gasteiger partial charge is 0.146 e. The fraction of sp³-hybridized carbons (Fsp3) is 0.600. The van der Waals surface area contributed by atoms with Crippen molar-refractivity contribution in [2.45, 2.75) is 44.6 Å². The average molecular weight is 365 g/mol. The van der Waals surface area contributed by atoms with Gasteiger partial charge in [0.05, 0.1) is 18.2 Å². The summed E-state index contributed by atoms with van der Waals surface area (Å²) in [6, 6.07) is 5.83. The maximum Gasteiger partial charge on any atom is 0.146 e. The van der Waals surface area contributed by atoms with E-state index in [0.29, 0.717) is 11.5 Å². The lowest BCUT2D eigenvalue weighted by molar-refractivity contribution is 0.213. The molecule has 4 rings (SSSR count). The van der Waals surface area contributed by atoms with Gasteiger partial charge in [0.25, 0.3) is 0 Å². The van der Waals surface area contributed by atoms with E-state index >= 15 is 0 Å². The van der Waals surface area contributed by atoms with Gasteiger partial charge in [0.1, 0.15) is 17.5 Å². The van der Waals surface area contributed by atoms with Crippen molar-refractivity contribution in [3.05, 3.63) is 35.5 Å². The first-order chi connectivity index (χ1) is 13.2. The summed E-state index contributed by atoms with van der Waals surface area (Å²) in [5.41, 5.74) is 0.657. The number of hydrogen-bond acceptors (Lipinski definition) is 6. The summed E-state index contributed by atoms with van der Waals surface area (Å²) in [5.74, 6) is 3.37. The third-order valence-corrected chi connectivity index (χ3v) is 5.80. The van der Waals surface area contributed by atoms with Gasteiger partial charge in [0.15, 0.2) is 0 Å². The number of pyridine rings is 1. The molecule has 1 unspecified atom stereocenters. The number of hydrogen-bond donors (Lipinski definition) is 0. The number of aromatic nitrogens is 4. The van der Waals surface area contributed by atoms with Crippen LogP contribution in [0.5, 0.6) is 0 Å². The molecule has 0 aromatic carbocycles. The summed E-state index contributed by atoms with van der Waals surface area (Å²) in [5, 5.41) is 18.2. The van der Waals surface area contributed by atoms with Gasteiger partial charge in [-0.15, -0.1) is 10.2 Å². The van der Waals surface area contributed by atoms with Crippen LogP contribution in [-0.4, -0.2) is 50.8 Å². The summed E-state index contributed by atoms with van der Waals surface area (Å²) < 4.78 is 2.20.